The number of anilines is 1. The number of likely N-dealkylation sites (N-methyl/N-ethyl adjacent to an activating group) is 1. The van der Waals surface area contributed by atoms with Crippen LogP contribution >= 0.6 is 12.4 Å². The number of benzene rings is 1. The van der Waals surface area contributed by atoms with Crippen LogP contribution in [0.2, 0.25) is 0 Å². The molecule has 0 bridgehead atoms. The average molecular weight is 316 g/mol. The number of carbonyl (C=O) groups excluding carboxylic acids is 2. The predicted octanol–water partition coefficient (Wildman–Crippen LogP) is 1.15. The van der Waals surface area contributed by atoms with Crippen LogP contribution in [-0.2, 0) is 9.59 Å². The lowest BCUT2D eigenvalue weighted by Gasteiger charge is -2.15. The Morgan fingerprint density at radius 3 is 2.29 bits per heavy atom. The van der Waals surface area contributed by atoms with Crippen molar-refractivity contribution in [2.45, 2.75) is 19.9 Å². The molecular weight excluding hydrogens is 294 g/mol. The summed E-state index contributed by atoms with van der Waals surface area (Å²) in [5.41, 5.74) is 6.39. The topological polar surface area (TPSA) is 93.5 Å². The molecule has 0 radical (unpaired) electrons. The van der Waals surface area contributed by atoms with Gasteiger partial charge in [-0.3, -0.25) is 9.59 Å². The molecule has 1 aromatic rings. The molecule has 6 nitrogen and oxygen atoms in total. The molecule has 0 aliphatic heterocycles. The minimum absolute atomic E-state index is 0. The minimum Gasteiger partial charge on any atom is -0.484 e. The molecular formula is C14H22ClN3O3. The highest BCUT2D eigenvalue weighted by molar-refractivity contribution is 5.94. The fourth-order valence-electron chi connectivity index (χ4n) is 1.38. The fraction of sp³-hybridized carbons (Fsp3) is 0.429. The van der Waals surface area contributed by atoms with Crippen LogP contribution in [0.25, 0.3) is 0 Å². The third kappa shape index (κ3) is 6.46. The molecule has 0 aromatic heterocycles. The number of hydrogen-bond donors (Lipinski definition) is 3. The molecule has 0 saturated carbocycles. The molecule has 0 unspecified atom stereocenters. The first-order valence-electron chi connectivity index (χ1n) is 6.44. The Labute approximate surface area is 130 Å². The number of halogens is 1. The number of nitrogens with two attached hydrogens (primary N) is 1. The Morgan fingerprint density at radius 1 is 1.24 bits per heavy atom. The van der Waals surface area contributed by atoms with Gasteiger partial charge in [-0.05, 0) is 30.2 Å². The smallest absolute Gasteiger partial charge is 0.257 e. The zero-order chi connectivity index (χ0) is 15.1. The van der Waals surface area contributed by atoms with E-state index in [1.807, 2.05) is 13.8 Å². The van der Waals surface area contributed by atoms with Crippen molar-refractivity contribution in [3.8, 4) is 5.75 Å². The Morgan fingerprint density at radius 2 is 1.81 bits per heavy atom. The van der Waals surface area contributed by atoms with Crippen molar-refractivity contribution in [2.75, 3.05) is 19.0 Å². The quantitative estimate of drug-likeness (QED) is 0.734. The van der Waals surface area contributed by atoms with Gasteiger partial charge >= 0.3 is 0 Å². The van der Waals surface area contributed by atoms with E-state index in [0.717, 1.165) is 0 Å². The molecule has 21 heavy (non-hydrogen) atoms. The Balaban J connectivity index is 0.00000400. The first-order chi connectivity index (χ1) is 9.43. The zero-order valence-corrected chi connectivity index (χ0v) is 13.2. The maximum Gasteiger partial charge on any atom is 0.257 e. The van der Waals surface area contributed by atoms with Gasteiger partial charge in [0, 0.05) is 12.7 Å². The highest BCUT2D eigenvalue weighted by Gasteiger charge is 2.16. The van der Waals surface area contributed by atoms with Gasteiger partial charge in [0.15, 0.2) is 6.61 Å². The summed E-state index contributed by atoms with van der Waals surface area (Å²) in [7, 11) is 1.54. The third-order valence-corrected chi connectivity index (χ3v) is 2.79. The van der Waals surface area contributed by atoms with Crippen molar-refractivity contribution in [3.63, 3.8) is 0 Å². The lowest BCUT2D eigenvalue weighted by molar-refractivity contribution is -0.122. The highest BCUT2D eigenvalue weighted by Crippen LogP contribution is 2.16. The molecule has 1 atom stereocenters. The van der Waals surface area contributed by atoms with E-state index in [1.54, 1.807) is 31.3 Å². The predicted molar refractivity (Wildman–Crippen MR) is 84.7 cm³/mol. The van der Waals surface area contributed by atoms with Gasteiger partial charge in [-0.25, -0.2) is 0 Å². The monoisotopic (exact) mass is 315 g/mol. The van der Waals surface area contributed by atoms with E-state index in [4.69, 9.17) is 10.5 Å². The van der Waals surface area contributed by atoms with E-state index in [1.165, 1.54) is 0 Å². The lowest BCUT2D eigenvalue weighted by atomic mass is 10.1. The summed E-state index contributed by atoms with van der Waals surface area (Å²) in [4.78, 5) is 22.8. The van der Waals surface area contributed by atoms with Crippen LogP contribution in [0, 0.1) is 5.92 Å². The van der Waals surface area contributed by atoms with Crippen LogP contribution in [-0.4, -0.2) is 31.5 Å². The molecule has 7 heteroatoms. The van der Waals surface area contributed by atoms with Crippen LogP contribution in [0.5, 0.6) is 5.75 Å². The molecule has 0 fully saturated rings. The van der Waals surface area contributed by atoms with Gasteiger partial charge in [0.2, 0.25) is 5.91 Å². The first-order valence-corrected chi connectivity index (χ1v) is 6.44. The summed E-state index contributed by atoms with van der Waals surface area (Å²) in [6, 6.07) is 6.21. The second-order valence-electron chi connectivity index (χ2n) is 4.75. The number of nitrogens with one attached hydrogen (secondary N) is 2. The standard InChI is InChI=1S/C14H21N3O3.ClH/c1-9(2)13(15)14(19)17-10-4-6-11(7-5-10)20-8-12(18)16-3;/h4-7,9,13H,8,15H2,1-3H3,(H,16,18)(H,17,19);1H/t13-;/m0./s1. The molecule has 0 aliphatic carbocycles. The van der Waals surface area contributed by atoms with Crippen LogP contribution in [0.3, 0.4) is 0 Å². The van der Waals surface area contributed by atoms with E-state index < -0.39 is 6.04 Å². The summed E-state index contributed by atoms with van der Waals surface area (Å²) in [5, 5.41) is 5.19. The largest absolute Gasteiger partial charge is 0.484 e. The normalized spacial score (nSPS) is 11.3. The van der Waals surface area contributed by atoms with E-state index in [-0.39, 0.29) is 36.7 Å². The van der Waals surface area contributed by atoms with Gasteiger partial charge in [0.05, 0.1) is 6.04 Å². The van der Waals surface area contributed by atoms with Gasteiger partial charge in [0.25, 0.3) is 5.91 Å². The summed E-state index contributed by atoms with van der Waals surface area (Å²) in [5.74, 6) is 0.203. The zero-order valence-electron chi connectivity index (χ0n) is 12.4. The Bertz CT molecular complexity index is 463. The van der Waals surface area contributed by atoms with Gasteiger partial charge in [-0.2, -0.15) is 0 Å². The molecule has 4 N–H and O–H groups in total. The average Bonchev–Trinajstić information content (AvgIpc) is 2.45. The number of hydrogen-bond acceptors (Lipinski definition) is 4. The number of rotatable bonds is 6. The fourth-order valence-corrected chi connectivity index (χ4v) is 1.38. The highest BCUT2D eigenvalue weighted by atomic mass is 35.5. The summed E-state index contributed by atoms with van der Waals surface area (Å²) >= 11 is 0. The van der Waals surface area contributed by atoms with Crippen LogP contribution < -0.4 is 21.1 Å². The van der Waals surface area contributed by atoms with E-state index in [9.17, 15) is 9.59 Å². The van der Waals surface area contributed by atoms with Crippen molar-refractivity contribution < 1.29 is 14.3 Å². The van der Waals surface area contributed by atoms with Crippen molar-refractivity contribution in [1.82, 2.24) is 5.32 Å². The second-order valence-corrected chi connectivity index (χ2v) is 4.75. The SMILES string of the molecule is CNC(=O)COc1ccc(NC(=O)[C@@H](N)C(C)C)cc1.Cl. The second kappa shape index (κ2) is 9.20. The van der Waals surface area contributed by atoms with Crippen LogP contribution in [0.1, 0.15) is 13.8 Å². The van der Waals surface area contributed by atoms with Crippen molar-refractivity contribution >= 4 is 29.9 Å². The van der Waals surface area contributed by atoms with Crippen molar-refractivity contribution in [1.29, 1.82) is 0 Å². The molecule has 118 valence electrons. The maximum atomic E-state index is 11.8. The lowest BCUT2D eigenvalue weighted by Crippen LogP contribution is -2.39. The van der Waals surface area contributed by atoms with E-state index >= 15 is 0 Å². The van der Waals surface area contributed by atoms with Crippen LogP contribution in [0.4, 0.5) is 5.69 Å². The summed E-state index contributed by atoms with van der Waals surface area (Å²) < 4.78 is 5.25. The maximum absolute atomic E-state index is 11.8. The van der Waals surface area contributed by atoms with Gasteiger partial charge in [0.1, 0.15) is 5.75 Å². The molecule has 1 rings (SSSR count). The van der Waals surface area contributed by atoms with Gasteiger partial charge < -0.3 is 21.1 Å². The molecule has 0 aliphatic rings. The van der Waals surface area contributed by atoms with Crippen molar-refractivity contribution in [2.24, 2.45) is 11.7 Å². The molecule has 0 heterocycles. The van der Waals surface area contributed by atoms with Gasteiger partial charge in [-0.1, -0.05) is 13.8 Å². The number of ether oxygens (including phenoxy) is 1. The van der Waals surface area contributed by atoms with Crippen molar-refractivity contribution in [3.05, 3.63) is 24.3 Å². The molecule has 0 spiro atoms. The molecule has 0 saturated heterocycles. The molecule has 2 amide bonds. The Kier molecular flexibility index (Phi) is 8.42. The molecule has 1 aromatic carbocycles. The Hall–Kier alpha value is -1.79. The number of carbonyl (C=O) groups is 2. The summed E-state index contributed by atoms with van der Waals surface area (Å²) in [6.45, 7) is 3.74. The van der Waals surface area contributed by atoms with Gasteiger partial charge in [-0.15, -0.1) is 12.4 Å². The van der Waals surface area contributed by atoms with Crippen LogP contribution in [0.15, 0.2) is 24.3 Å². The minimum atomic E-state index is -0.542. The summed E-state index contributed by atoms with van der Waals surface area (Å²) in [6.07, 6.45) is 0. The first kappa shape index (κ1) is 19.2. The third-order valence-electron chi connectivity index (χ3n) is 2.79. The van der Waals surface area contributed by atoms with E-state index in [0.29, 0.717) is 11.4 Å². The van der Waals surface area contributed by atoms with E-state index in [2.05, 4.69) is 10.6 Å². The number of amides is 2.